The van der Waals surface area contributed by atoms with Crippen molar-refractivity contribution >= 4 is 131 Å². The van der Waals surface area contributed by atoms with Crippen LogP contribution < -0.4 is 10.2 Å². The van der Waals surface area contributed by atoms with Crippen LogP contribution in [-0.2, 0) is 0 Å². The third-order valence-electron chi connectivity index (χ3n) is 20.0. The average molecular weight is 1410 g/mol. The average Bonchev–Trinajstić information content (AvgIpc) is 1.29. The number of benzene rings is 18. The summed E-state index contributed by atoms with van der Waals surface area (Å²) in [5.74, 6) is 0. The normalized spacial score (nSPS) is 11.3. The van der Waals surface area contributed by atoms with E-state index < -0.39 is 0 Å². The van der Waals surface area contributed by atoms with Crippen molar-refractivity contribution < 1.29 is 8.83 Å². The lowest BCUT2D eigenvalue weighted by molar-refractivity contribution is 0.669. The molecule has 20 aromatic rings. The molecule has 20 rings (SSSR count). The van der Waals surface area contributed by atoms with Gasteiger partial charge in [-0.3, -0.25) is 0 Å². The van der Waals surface area contributed by atoms with E-state index in [2.05, 4.69) is 402 Å². The fourth-order valence-electron chi connectivity index (χ4n) is 14.6. The van der Waals surface area contributed by atoms with Crippen LogP contribution in [0.4, 0.5) is 28.4 Å². The molecule has 105 heavy (non-hydrogen) atoms. The van der Waals surface area contributed by atoms with Crippen molar-refractivity contribution in [2.24, 2.45) is 0 Å². The largest absolute Gasteiger partial charge is 0.455 e. The van der Waals surface area contributed by atoms with Crippen molar-refractivity contribution in [3.8, 4) is 66.8 Å². The zero-order valence-corrected chi connectivity index (χ0v) is 58.8. The van der Waals surface area contributed by atoms with Gasteiger partial charge in [0.2, 0.25) is 0 Å². The van der Waals surface area contributed by atoms with Crippen molar-refractivity contribution in [3.05, 3.63) is 405 Å². The summed E-state index contributed by atoms with van der Waals surface area (Å²) in [5.41, 5.74) is 23.3. The van der Waals surface area contributed by atoms with Crippen LogP contribution >= 0.6 is 15.9 Å². The summed E-state index contributed by atoms with van der Waals surface area (Å²) in [6, 6.07) is 142. The Kier molecular flexibility index (Phi) is 17.2. The fraction of sp³-hybridized carbons (Fsp3) is 0. The number of fused-ring (bicyclic) bond motifs is 10. The molecule has 0 unspecified atom stereocenters. The highest BCUT2D eigenvalue weighted by Gasteiger charge is 2.18. The minimum absolute atomic E-state index is 0.909. The number of rotatable bonds is 11. The van der Waals surface area contributed by atoms with Crippen LogP contribution in [0.25, 0.3) is 154 Å². The van der Waals surface area contributed by atoms with E-state index in [1.54, 1.807) is 0 Å². The molecule has 18 aromatic carbocycles. The van der Waals surface area contributed by atoms with Gasteiger partial charge in [0.1, 0.15) is 22.3 Å². The highest BCUT2D eigenvalue weighted by atomic mass is 79.9. The molecule has 0 bridgehead atoms. The molecular weight excluding hydrogens is 1340 g/mol. The van der Waals surface area contributed by atoms with Gasteiger partial charge >= 0.3 is 0 Å². The molecule has 0 fully saturated rings. The van der Waals surface area contributed by atoms with Crippen LogP contribution in [0.2, 0.25) is 0 Å². The first-order chi connectivity index (χ1) is 51.9. The summed E-state index contributed by atoms with van der Waals surface area (Å²) in [6.45, 7) is 0. The van der Waals surface area contributed by atoms with Crippen molar-refractivity contribution in [3.63, 3.8) is 0 Å². The van der Waals surface area contributed by atoms with Gasteiger partial charge in [-0.2, -0.15) is 0 Å². The maximum absolute atomic E-state index is 6.39. The van der Waals surface area contributed by atoms with Crippen molar-refractivity contribution in [1.29, 1.82) is 0 Å². The SMILES string of the molecule is Brc1ccc(-c2ccc3ccccc3c2)cc1.c1ccc2cc(-c3ccc(N(c4ccc(-c5ccc6ccccc6c5)cc4)c4ccc(-c5cccc6c5oc5ccccc56)cc4)cc3)ccc2c1.c1ccc2cc(-c3ccc(Nc4ccc(-c5cccc6c5oc5ccccc56)cc4)cc3)ccc2c1. The van der Waals surface area contributed by atoms with Gasteiger partial charge < -0.3 is 19.1 Å². The molecule has 0 spiro atoms. The number of halogens is 1. The molecule has 5 heteroatoms. The third kappa shape index (κ3) is 13.2. The molecule has 2 heterocycles. The molecular formula is C100H67BrN2O2. The number of hydrogen-bond donors (Lipinski definition) is 1. The lowest BCUT2D eigenvalue weighted by Crippen LogP contribution is -2.09. The standard InChI is InChI=1S/C50H33NO.C34H23NO.C16H11Br/c1-3-10-39-32-41(18-16-34(39)8-1)36-20-26-43(27-21-36)51(44-28-22-37(23-29-44)42-19-17-35-9-2-4-11-40(35)33-42)45-30-24-38(25-31-45)46-13-7-14-48-47-12-5-6-15-49(47)52-50(46)48;1-2-7-26-22-27(13-12-23(26)6-1)24-14-18-28(19-15-24)35-29-20-16-25(17-21-29)30-9-5-10-32-31-8-3-4-11-33(31)36-34(30)32;17-16-9-7-13(8-10-16)15-6-5-12-3-1-2-4-14(12)11-15/h1-33H;1-22,35H;1-11H. The predicted octanol–water partition coefficient (Wildman–Crippen LogP) is 29.4. The van der Waals surface area contributed by atoms with Gasteiger partial charge in [-0.15, -0.1) is 0 Å². The maximum atomic E-state index is 6.39. The first kappa shape index (κ1) is 63.8. The van der Waals surface area contributed by atoms with Gasteiger partial charge in [0.25, 0.3) is 0 Å². The van der Waals surface area contributed by atoms with Crippen LogP contribution in [0.15, 0.2) is 414 Å². The second kappa shape index (κ2) is 28.2. The molecule has 0 saturated carbocycles. The van der Waals surface area contributed by atoms with Crippen molar-refractivity contribution in [1.82, 2.24) is 0 Å². The Balaban J connectivity index is 0.000000127. The molecule has 0 radical (unpaired) electrons. The Morgan fingerprint density at radius 3 is 0.829 bits per heavy atom. The number of furan rings is 2. The van der Waals surface area contributed by atoms with Crippen LogP contribution in [0.5, 0.6) is 0 Å². The summed E-state index contributed by atoms with van der Waals surface area (Å²) < 4.78 is 13.7. The second-order valence-electron chi connectivity index (χ2n) is 26.6. The molecule has 0 aliphatic carbocycles. The van der Waals surface area contributed by atoms with E-state index in [0.717, 1.165) is 99.0 Å². The van der Waals surface area contributed by atoms with Gasteiger partial charge in [0, 0.05) is 65.6 Å². The van der Waals surface area contributed by atoms with Crippen molar-refractivity contribution in [2.45, 2.75) is 0 Å². The summed E-state index contributed by atoms with van der Waals surface area (Å²) in [6.07, 6.45) is 0. The zero-order valence-electron chi connectivity index (χ0n) is 57.2. The fourth-order valence-corrected chi connectivity index (χ4v) is 14.8. The van der Waals surface area contributed by atoms with Crippen LogP contribution in [0.1, 0.15) is 0 Å². The van der Waals surface area contributed by atoms with E-state index in [1.807, 2.05) is 24.3 Å². The molecule has 0 aliphatic rings. The minimum atomic E-state index is 0.909. The smallest absolute Gasteiger partial charge is 0.143 e. The number of para-hydroxylation sites is 4. The van der Waals surface area contributed by atoms with Gasteiger partial charge in [-0.25, -0.2) is 0 Å². The van der Waals surface area contributed by atoms with Crippen molar-refractivity contribution in [2.75, 3.05) is 10.2 Å². The summed E-state index contributed by atoms with van der Waals surface area (Å²) >= 11 is 3.46. The second-order valence-corrected chi connectivity index (χ2v) is 27.5. The zero-order chi connectivity index (χ0) is 70.0. The Labute approximate surface area is 617 Å². The van der Waals surface area contributed by atoms with E-state index in [-0.39, 0.29) is 0 Å². The summed E-state index contributed by atoms with van der Waals surface area (Å²) in [4.78, 5) is 2.33. The number of anilines is 5. The number of hydrogen-bond acceptors (Lipinski definition) is 4. The van der Waals surface area contributed by atoms with Crippen LogP contribution in [-0.4, -0.2) is 0 Å². The molecule has 0 amide bonds. The van der Waals surface area contributed by atoms with Gasteiger partial charge in [0.15, 0.2) is 0 Å². The molecule has 2 aromatic heterocycles. The monoisotopic (exact) mass is 1410 g/mol. The summed E-state index contributed by atoms with van der Waals surface area (Å²) in [5, 5.41) is 18.2. The Bertz CT molecular complexity index is 6410. The molecule has 0 atom stereocenters. The van der Waals surface area contributed by atoms with E-state index in [4.69, 9.17) is 8.83 Å². The summed E-state index contributed by atoms with van der Waals surface area (Å²) in [7, 11) is 0. The Morgan fingerprint density at radius 1 is 0.210 bits per heavy atom. The predicted molar refractivity (Wildman–Crippen MR) is 449 cm³/mol. The molecule has 4 nitrogen and oxygen atoms in total. The van der Waals surface area contributed by atoms with E-state index in [9.17, 15) is 0 Å². The van der Waals surface area contributed by atoms with Gasteiger partial charge in [0.05, 0.1) is 0 Å². The van der Waals surface area contributed by atoms with E-state index >= 15 is 0 Å². The van der Waals surface area contributed by atoms with Gasteiger partial charge in [-0.1, -0.05) is 307 Å². The maximum Gasteiger partial charge on any atom is 0.143 e. The molecule has 496 valence electrons. The van der Waals surface area contributed by atoms with E-state index in [1.165, 1.54) is 87.6 Å². The minimum Gasteiger partial charge on any atom is -0.455 e. The van der Waals surface area contributed by atoms with Crippen LogP contribution in [0, 0.1) is 0 Å². The highest BCUT2D eigenvalue weighted by Crippen LogP contribution is 2.42. The molecule has 0 aliphatic heterocycles. The lowest BCUT2D eigenvalue weighted by Gasteiger charge is -2.26. The highest BCUT2D eigenvalue weighted by molar-refractivity contribution is 9.10. The Hall–Kier alpha value is -13.3. The quantitative estimate of drug-likeness (QED) is 0.140. The Morgan fingerprint density at radius 2 is 0.476 bits per heavy atom. The first-order valence-corrected chi connectivity index (χ1v) is 36.3. The molecule has 1 N–H and O–H groups in total. The van der Waals surface area contributed by atoms with E-state index in [0.29, 0.717) is 0 Å². The topological polar surface area (TPSA) is 41.6 Å². The number of nitrogens with zero attached hydrogens (tertiary/aromatic N) is 1. The first-order valence-electron chi connectivity index (χ1n) is 35.5. The lowest BCUT2D eigenvalue weighted by atomic mass is 9.99. The molecule has 0 saturated heterocycles. The number of nitrogens with one attached hydrogen (secondary N) is 1. The van der Waals surface area contributed by atoms with Crippen LogP contribution in [0.3, 0.4) is 0 Å². The third-order valence-corrected chi connectivity index (χ3v) is 20.6. The van der Waals surface area contributed by atoms with Gasteiger partial charge in [-0.05, 0) is 208 Å².